The SMILES string of the molecule is O=C(c1ccc(N2CCOCC2)nc1)N1Cc2[nH]cnc2C(c2ccccc2)C1. The van der Waals surface area contributed by atoms with Gasteiger partial charge in [0.15, 0.2) is 0 Å². The van der Waals surface area contributed by atoms with E-state index >= 15 is 0 Å². The van der Waals surface area contributed by atoms with Gasteiger partial charge >= 0.3 is 0 Å². The average Bonchev–Trinajstić information content (AvgIpc) is 3.28. The number of hydrogen-bond acceptors (Lipinski definition) is 5. The maximum absolute atomic E-state index is 13.2. The largest absolute Gasteiger partial charge is 0.378 e. The van der Waals surface area contributed by atoms with E-state index in [4.69, 9.17) is 4.74 Å². The molecule has 0 aliphatic carbocycles. The van der Waals surface area contributed by atoms with Crippen molar-refractivity contribution >= 4 is 11.7 Å². The number of carbonyl (C=O) groups excluding carboxylic acids is 1. The van der Waals surface area contributed by atoms with Crippen LogP contribution in [0.25, 0.3) is 0 Å². The number of rotatable bonds is 3. The first-order valence-corrected chi connectivity index (χ1v) is 9.95. The fourth-order valence-corrected chi connectivity index (χ4v) is 4.10. The predicted octanol–water partition coefficient (Wildman–Crippen LogP) is 2.43. The highest BCUT2D eigenvalue weighted by atomic mass is 16.5. The van der Waals surface area contributed by atoms with Gasteiger partial charge in [0.1, 0.15) is 5.82 Å². The molecule has 0 radical (unpaired) electrons. The van der Waals surface area contributed by atoms with Crippen LogP contribution in [0, 0.1) is 0 Å². The summed E-state index contributed by atoms with van der Waals surface area (Å²) in [5.41, 5.74) is 3.80. The van der Waals surface area contributed by atoms with E-state index in [1.165, 1.54) is 5.56 Å². The molecule has 1 aromatic carbocycles. The molecule has 29 heavy (non-hydrogen) atoms. The Kier molecular flexibility index (Phi) is 4.73. The molecule has 5 rings (SSSR count). The lowest BCUT2D eigenvalue weighted by Crippen LogP contribution is -2.39. The van der Waals surface area contributed by atoms with Crippen molar-refractivity contribution in [3.63, 3.8) is 0 Å². The number of fused-ring (bicyclic) bond motifs is 1. The van der Waals surface area contributed by atoms with Crippen LogP contribution in [0.5, 0.6) is 0 Å². The van der Waals surface area contributed by atoms with Crippen LogP contribution in [0.1, 0.15) is 33.2 Å². The Labute approximate surface area is 169 Å². The molecule has 1 atom stereocenters. The van der Waals surface area contributed by atoms with Crippen molar-refractivity contribution < 1.29 is 9.53 Å². The number of amides is 1. The lowest BCUT2D eigenvalue weighted by Gasteiger charge is -2.32. The van der Waals surface area contributed by atoms with Gasteiger partial charge in [-0.25, -0.2) is 9.97 Å². The van der Waals surface area contributed by atoms with Gasteiger partial charge in [-0.15, -0.1) is 0 Å². The van der Waals surface area contributed by atoms with Crippen molar-refractivity contribution in [3.05, 3.63) is 77.5 Å². The minimum atomic E-state index is -0.00721. The van der Waals surface area contributed by atoms with E-state index < -0.39 is 0 Å². The number of carbonyl (C=O) groups is 1. The molecule has 0 saturated carbocycles. The Morgan fingerprint density at radius 2 is 1.90 bits per heavy atom. The standard InChI is InChI=1S/C22H23N5O2/c28-22(17-6-7-20(23-12-17)26-8-10-29-11-9-26)27-13-18(16-4-2-1-3-5-16)21-19(14-27)24-15-25-21/h1-7,12,15,18H,8-11,13-14H2,(H,24,25). The second kappa shape index (κ2) is 7.67. The van der Waals surface area contributed by atoms with Crippen molar-refractivity contribution in [2.75, 3.05) is 37.7 Å². The molecule has 4 heterocycles. The van der Waals surface area contributed by atoms with E-state index in [1.54, 1.807) is 12.5 Å². The van der Waals surface area contributed by atoms with Gasteiger partial charge in [0, 0.05) is 31.7 Å². The molecule has 2 aromatic heterocycles. The van der Waals surface area contributed by atoms with Gasteiger partial charge in [0.2, 0.25) is 0 Å². The Balaban J connectivity index is 1.37. The number of benzene rings is 1. The molecule has 2 aliphatic rings. The van der Waals surface area contributed by atoms with Gasteiger partial charge in [-0.1, -0.05) is 30.3 Å². The third-order valence-electron chi connectivity index (χ3n) is 5.65. The van der Waals surface area contributed by atoms with Crippen molar-refractivity contribution in [2.24, 2.45) is 0 Å². The Hall–Kier alpha value is -3.19. The zero-order chi connectivity index (χ0) is 19.6. The van der Waals surface area contributed by atoms with Gasteiger partial charge in [-0.2, -0.15) is 0 Å². The molecule has 7 nitrogen and oxygen atoms in total. The zero-order valence-electron chi connectivity index (χ0n) is 16.1. The quantitative estimate of drug-likeness (QED) is 0.745. The lowest BCUT2D eigenvalue weighted by molar-refractivity contribution is 0.0721. The molecule has 1 unspecified atom stereocenters. The normalized spacial score (nSPS) is 19.1. The summed E-state index contributed by atoms with van der Waals surface area (Å²) in [7, 11) is 0. The number of nitrogens with one attached hydrogen (secondary N) is 1. The van der Waals surface area contributed by atoms with Crippen LogP contribution in [-0.4, -0.2) is 58.6 Å². The van der Waals surface area contributed by atoms with Crippen molar-refractivity contribution in [3.8, 4) is 0 Å². The topological polar surface area (TPSA) is 74.4 Å². The van der Waals surface area contributed by atoms with E-state index in [0.717, 1.165) is 30.3 Å². The smallest absolute Gasteiger partial charge is 0.255 e. The van der Waals surface area contributed by atoms with Crippen LogP contribution in [0.2, 0.25) is 0 Å². The molecule has 7 heteroatoms. The van der Waals surface area contributed by atoms with E-state index in [2.05, 4.69) is 32.0 Å². The predicted molar refractivity (Wildman–Crippen MR) is 109 cm³/mol. The summed E-state index contributed by atoms with van der Waals surface area (Å²) in [6.45, 7) is 4.21. The number of ether oxygens (including phenoxy) is 1. The first-order valence-electron chi connectivity index (χ1n) is 9.95. The van der Waals surface area contributed by atoms with Crippen molar-refractivity contribution in [2.45, 2.75) is 12.5 Å². The van der Waals surface area contributed by atoms with E-state index in [9.17, 15) is 4.79 Å². The van der Waals surface area contributed by atoms with E-state index in [0.29, 0.717) is 31.9 Å². The number of pyridine rings is 1. The van der Waals surface area contributed by atoms with Gasteiger partial charge in [-0.05, 0) is 17.7 Å². The summed E-state index contributed by atoms with van der Waals surface area (Å²) in [5.74, 6) is 0.949. The molecule has 2 aliphatic heterocycles. The number of morpholine rings is 1. The highest BCUT2D eigenvalue weighted by Gasteiger charge is 2.31. The van der Waals surface area contributed by atoms with E-state index in [-0.39, 0.29) is 11.8 Å². The number of anilines is 1. The van der Waals surface area contributed by atoms with Gasteiger partial charge < -0.3 is 19.5 Å². The minimum absolute atomic E-state index is 0.00721. The van der Waals surface area contributed by atoms with E-state index in [1.807, 2.05) is 35.2 Å². The average molecular weight is 389 g/mol. The summed E-state index contributed by atoms with van der Waals surface area (Å²) in [5, 5.41) is 0. The molecule has 1 saturated heterocycles. The number of aromatic nitrogens is 3. The fourth-order valence-electron chi connectivity index (χ4n) is 4.10. The molecule has 148 valence electrons. The van der Waals surface area contributed by atoms with Crippen LogP contribution in [0.3, 0.4) is 0 Å². The first kappa shape index (κ1) is 17.9. The maximum Gasteiger partial charge on any atom is 0.255 e. The third-order valence-corrected chi connectivity index (χ3v) is 5.65. The van der Waals surface area contributed by atoms with Crippen molar-refractivity contribution in [1.82, 2.24) is 19.9 Å². The Morgan fingerprint density at radius 1 is 1.07 bits per heavy atom. The number of hydrogen-bond donors (Lipinski definition) is 1. The van der Waals surface area contributed by atoms with Crippen LogP contribution in [-0.2, 0) is 11.3 Å². The number of aromatic amines is 1. The summed E-state index contributed by atoms with van der Waals surface area (Å²) in [4.78, 5) is 29.5. The van der Waals surface area contributed by atoms with Crippen molar-refractivity contribution in [1.29, 1.82) is 0 Å². The summed E-state index contributed by atoms with van der Waals surface area (Å²) in [6, 6.07) is 14.0. The zero-order valence-corrected chi connectivity index (χ0v) is 16.1. The molecule has 0 spiro atoms. The molecule has 0 bridgehead atoms. The molecular weight excluding hydrogens is 366 g/mol. The van der Waals surface area contributed by atoms with Crippen LogP contribution in [0.4, 0.5) is 5.82 Å². The highest BCUT2D eigenvalue weighted by molar-refractivity contribution is 5.94. The lowest BCUT2D eigenvalue weighted by atomic mass is 9.90. The highest BCUT2D eigenvalue weighted by Crippen LogP contribution is 2.32. The minimum Gasteiger partial charge on any atom is -0.378 e. The second-order valence-electron chi connectivity index (χ2n) is 7.42. The number of imidazole rings is 1. The first-order chi connectivity index (χ1) is 14.3. The monoisotopic (exact) mass is 389 g/mol. The molecule has 1 N–H and O–H groups in total. The molecule has 1 fully saturated rings. The van der Waals surface area contributed by atoms with Gasteiger partial charge in [-0.3, -0.25) is 4.79 Å². The summed E-state index contributed by atoms with van der Waals surface area (Å²) < 4.78 is 5.39. The van der Waals surface area contributed by atoms with Crippen LogP contribution >= 0.6 is 0 Å². The number of nitrogens with zero attached hydrogens (tertiary/aromatic N) is 4. The summed E-state index contributed by atoms with van der Waals surface area (Å²) >= 11 is 0. The fraction of sp³-hybridized carbons (Fsp3) is 0.318. The third kappa shape index (κ3) is 3.49. The van der Waals surface area contributed by atoms with Gasteiger partial charge in [0.25, 0.3) is 5.91 Å². The summed E-state index contributed by atoms with van der Waals surface area (Å²) in [6.07, 6.45) is 3.40. The van der Waals surface area contributed by atoms with Crippen LogP contribution < -0.4 is 4.90 Å². The Bertz CT molecular complexity index is 980. The van der Waals surface area contributed by atoms with Crippen LogP contribution in [0.15, 0.2) is 55.0 Å². The molecule has 1 amide bonds. The molecular formula is C22H23N5O2. The second-order valence-corrected chi connectivity index (χ2v) is 7.42. The maximum atomic E-state index is 13.2. The van der Waals surface area contributed by atoms with Gasteiger partial charge in [0.05, 0.1) is 43.0 Å². The number of H-pyrrole nitrogens is 1. The molecule has 3 aromatic rings. The Morgan fingerprint density at radius 3 is 2.66 bits per heavy atom.